The van der Waals surface area contributed by atoms with Gasteiger partial charge in [0.15, 0.2) is 10.8 Å². The van der Waals surface area contributed by atoms with E-state index < -0.39 is 46.5 Å². The molecule has 2 aliphatic heterocycles. The Morgan fingerprint density at radius 1 is 1.39 bits per heavy atom. The second-order valence-corrected chi connectivity index (χ2v) is 11.9. The van der Waals surface area contributed by atoms with E-state index >= 15 is 0 Å². The predicted octanol–water partition coefficient (Wildman–Crippen LogP) is -2.13. The van der Waals surface area contributed by atoms with Crippen molar-refractivity contribution in [1.29, 1.82) is 0 Å². The van der Waals surface area contributed by atoms with E-state index in [-0.39, 0.29) is 40.3 Å². The number of hydrogen-bond donors (Lipinski definition) is 5. The number of β-lactam (4-membered cyclic amide) rings is 1. The largest absolute Gasteiger partial charge is 0.543 e. The number of oxime groups is 1. The minimum atomic E-state index is -1.73. The van der Waals surface area contributed by atoms with E-state index in [9.17, 15) is 29.4 Å². The Kier molecular flexibility index (Phi) is 8.59. The maximum atomic E-state index is 13.2. The zero-order chi connectivity index (χ0) is 30.1. The van der Waals surface area contributed by atoms with Gasteiger partial charge in [0.2, 0.25) is 11.4 Å². The Morgan fingerprint density at radius 3 is 2.73 bits per heavy atom. The van der Waals surface area contributed by atoms with Gasteiger partial charge in [0.05, 0.1) is 11.7 Å². The van der Waals surface area contributed by atoms with Crippen LogP contribution in [0.3, 0.4) is 0 Å². The molecule has 0 spiro atoms. The number of carboxylic acids is 2. The second kappa shape index (κ2) is 11.8. The Hall–Kier alpha value is -4.10. The number of aromatic nitrogens is 3. The predicted molar refractivity (Wildman–Crippen MR) is 147 cm³/mol. The van der Waals surface area contributed by atoms with Crippen molar-refractivity contribution in [2.45, 2.75) is 42.4 Å². The number of thiazole rings is 1. The van der Waals surface area contributed by atoms with E-state index in [1.807, 2.05) is 0 Å². The van der Waals surface area contributed by atoms with Gasteiger partial charge in [-0.2, -0.15) is 0 Å². The molecule has 2 unspecified atom stereocenters. The van der Waals surface area contributed by atoms with E-state index in [0.717, 1.165) is 28.0 Å². The first-order valence-corrected chi connectivity index (χ1v) is 14.7. The van der Waals surface area contributed by atoms with Crippen LogP contribution in [-0.4, -0.2) is 78.0 Å². The van der Waals surface area contributed by atoms with E-state index in [1.165, 1.54) is 41.0 Å². The molecule has 1 saturated heterocycles. The number of rotatable bonds is 11. The molecule has 218 valence electrons. The summed E-state index contributed by atoms with van der Waals surface area (Å²) in [5.74, 6) is 2.00. The number of nitrogens with one attached hydrogen (secondary N) is 1. The van der Waals surface area contributed by atoms with Gasteiger partial charge in [0.25, 0.3) is 11.8 Å². The van der Waals surface area contributed by atoms with Gasteiger partial charge in [-0.05, 0) is 35.7 Å². The van der Waals surface area contributed by atoms with Crippen LogP contribution in [0.1, 0.15) is 26.0 Å². The molecule has 2 aliphatic rings. The van der Waals surface area contributed by atoms with E-state index in [0.29, 0.717) is 10.7 Å². The maximum Gasteiger partial charge on any atom is 0.384 e. The lowest BCUT2D eigenvalue weighted by Gasteiger charge is -2.50. The Balaban J connectivity index is 1.53. The lowest BCUT2D eigenvalue weighted by atomic mass is 10.0. The van der Waals surface area contributed by atoms with Gasteiger partial charge < -0.3 is 36.6 Å². The standard InChI is InChI=1S/C22H25N9O7S3/c1-3-22(2,19(36)37)38-29-12(10-8-40-20(24)26-10)15(32)28-13-16(33)31-14(18(34)35)9(6-39-17(13)31)7-41-21-27-11(23)4-5-30(21)25/h4-5,8,13,17,23H,3,6-7,25H2,1-2H3,(H5,24,26,28,32,34,35,36,37)/b29-12-/t13?,17-,22?/m1/s1. The summed E-state index contributed by atoms with van der Waals surface area (Å²) in [5, 5.41) is 29.0. The molecule has 2 aromatic rings. The second-order valence-electron chi connectivity index (χ2n) is 8.92. The molecule has 2 aromatic heterocycles. The van der Waals surface area contributed by atoms with Crippen LogP contribution in [0, 0.1) is 0 Å². The van der Waals surface area contributed by atoms with Crippen LogP contribution in [0.5, 0.6) is 0 Å². The lowest BCUT2D eigenvalue weighted by Crippen LogP contribution is -2.71. The third-order valence-electron chi connectivity index (χ3n) is 6.20. The van der Waals surface area contributed by atoms with Crippen molar-refractivity contribution in [2.24, 2.45) is 5.16 Å². The lowest BCUT2D eigenvalue weighted by molar-refractivity contribution is -0.682. The van der Waals surface area contributed by atoms with Crippen molar-refractivity contribution >= 4 is 75.3 Å². The average Bonchev–Trinajstić information content (AvgIpc) is 3.36. The summed E-state index contributed by atoms with van der Waals surface area (Å²) in [6, 6.07) is 0.390. The number of nitrogens with zero attached hydrogens (tertiary/aromatic N) is 5. The molecule has 0 aromatic carbocycles. The highest BCUT2D eigenvalue weighted by Crippen LogP contribution is 2.41. The van der Waals surface area contributed by atoms with Gasteiger partial charge in [-0.3, -0.25) is 20.3 Å². The van der Waals surface area contributed by atoms with Gasteiger partial charge in [-0.1, -0.05) is 12.1 Å². The third-order valence-corrected chi connectivity index (χ3v) is 9.27. The van der Waals surface area contributed by atoms with Crippen LogP contribution in [0.2, 0.25) is 0 Å². The Morgan fingerprint density at radius 2 is 2.12 bits per heavy atom. The van der Waals surface area contributed by atoms with Crippen molar-refractivity contribution in [1.82, 2.24) is 20.2 Å². The fourth-order valence-electron chi connectivity index (χ4n) is 3.68. The molecular formula is C22H25N9O7S3. The van der Waals surface area contributed by atoms with E-state index in [2.05, 4.69) is 20.4 Å². The van der Waals surface area contributed by atoms with Crippen molar-refractivity contribution in [3.8, 4) is 0 Å². The fourth-order valence-corrected chi connectivity index (χ4v) is 6.62. The number of nitrogen functional groups attached to an aromatic ring is 3. The van der Waals surface area contributed by atoms with Crippen LogP contribution in [0.15, 0.2) is 39.2 Å². The molecule has 1 fully saturated rings. The molecule has 3 atom stereocenters. The SMILES string of the molecule is CCC(C)(O/N=C(\C(=O)NC1C(=O)N2C(C(=O)[O-])=C(CSc3nc(N)cc[n+]3N)CS[C@H]12)c1csc(N)n1)C(=O)O. The summed E-state index contributed by atoms with van der Waals surface area (Å²) in [5.41, 5.74) is 9.37. The number of anilines is 2. The van der Waals surface area contributed by atoms with Crippen LogP contribution < -0.4 is 32.4 Å². The number of hydrogen-bond acceptors (Lipinski definition) is 15. The number of carboxylic acid groups (broad SMARTS) is 2. The zero-order valence-corrected chi connectivity index (χ0v) is 24.0. The van der Waals surface area contributed by atoms with Gasteiger partial charge in [0, 0.05) is 23.0 Å². The Bertz CT molecular complexity index is 1480. The number of amides is 2. The molecule has 16 nitrogen and oxygen atoms in total. The van der Waals surface area contributed by atoms with Gasteiger partial charge in [-0.15, -0.1) is 27.8 Å². The van der Waals surface area contributed by atoms with Crippen molar-refractivity contribution < 1.29 is 38.9 Å². The smallest absolute Gasteiger partial charge is 0.384 e. The summed E-state index contributed by atoms with van der Waals surface area (Å²) in [4.78, 5) is 64.5. The minimum absolute atomic E-state index is 0.00991. The summed E-state index contributed by atoms with van der Waals surface area (Å²) < 4.78 is 1.23. The van der Waals surface area contributed by atoms with E-state index in [4.69, 9.17) is 22.1 Å². The molecule has 19 heteroatoms. The molecule has 0 aliphatic carbocycles. The molecule has 8 N–H and O–H groups in total. The number of carbonyl (C=O) groups is 4. The number of thioether (sulfide) groups is 2. The van der Waals surface area contributed by atoms with Crippen molar-refractivity contribution in [2.75, 3.05) is 28.8 Å². The van der Waals surface area contributed by atoms with Crippen LogP contribution >= 0.6 is 34.9 Å². The van der Waals surface area contributed by atoms with Gasteiger partial charge in [-0.25, -0.2) is 9.78 Å². The monoisotopic (exact) mass is 623 g/mol. The molecule has 0 bridgehead atoms. The number of aliphatic carboxylic acids is 2. The first-order valence-electron chi connectivity index (χ1n) is 11.8. The maximum absolute atomic E-state index is 13.2. The molecule has 4 heterocycles. The van der Waals surface area contributed by atoms with E-state index in [1.54, 1.807) is 6.92 Å². The number of fused-ring (bicyclic) bond motifs is 1. The van der Waals surface area contributed by atoms with Gasteiger partial charge in [0.1, 0.15) is 23.3 Å². The highest BCUT2D eigenvalue weighted by atomic mass is 32.2. The minimum Gasteiger partial charge on any atom is -0.543 e. The van der Waals surface area contributed by atoms with Crippen LogP contribution in [0.4, 0.5) is 10.9 Å². The van der Waals surface area contributed by atoms with Gasteiger partial charge >= 0.3 is 11.1 Å². The number of carbonyl (C=O) groups excluding carboxylic acids is 3. The first-order chi connectivity index (χ1) is 19.4. The summed E-state index contributed by atoms with van der Waals surface area (Å²) >= 11 is 3.39. The highest BCUT2D eigenvalue weighted by Gasteiger charge is 2.53. The third kappa shape index (κ3) is 6.00. The quantitative estimate of drug-likeness (QED) is 0.0341. The normalized spacial score (nSPS) is 20.1. The van der Waals surface area contributed by atoms with Crippen LogP contribution in [0.25, 0.3) is 0 Å². The Labute approximate surface area is 245 Å². The summed E-state index contributed by atoms with van der Waals surface area (Å²) in [7, 11) is 0. The van der Waals surface area contributed by atoms with Crippen molar-refractivity contribution in [3.05, 3.63) is 34.6 Å². The highest BCUT2D eigenvalue weighted by molar-refractivity contribution is 8.01. The molecule has 41 heavy (non-hydrogen) atoms. The molecule has 0 radical (unpaired) electrons. The topological polar surface area (TPSA) is 256 Å². The summed E-state index contributed by atoms with van der Waals surface area (Å²) in [6.45, 7) is 2.86. The average molecular weight is 624 g/mol. The summed E-state index contributed by atoms with van der Waals surface area (Å²) in [6.07, 6.45) is 1.54. The fraction of sp³-hybridized carbons (Fsp3) is 0.364. The zero-order valence-electron chi connectivity index (χ0n) is 21.6. The van der Waals surface area contributed by atoms with Crippen LogP contribution in [-0.2, 0) is 24.0 Å². The molecule has 4 rings (SSSR count). The first kappa shape index (κ1) is 29.9. The molecule has 2 amide bonds. The van der Waals surface area contributed by atoms with Crippen molar-refractivity contribution in [3.63, 3.8) is 0 Å². The number of nitrogens with two attached hydrogens (primary N) is 3. The molecular weight excluding hydrogens is 598 g/mol. The molecule has 0 saturated carbocycles.